The number of ether oxygens (including phenoxy) is 2. The molecule has 104 valence electrons. The molecule has 1 aliphatic heterocycles. The highest BCUT2D eigenvalue weighted by molar-refractivity contribution is 5.83. The van der Waals surface area contributed by atoms with Crippen LogP contribution in [0.25, 0.3) is 0 Å². The van der Waals surface area contributed by atoms with E-state index in [9.17, 15) is 9.59 Å². The largest absolute Gasteiger partial charge is 0.459 e. The summed E-state index contributed by atoms with van der Waals surface area (Å²) in [7, 11) is 1.62. The zero-order valence-corrected chi connectivity index (χ0v) is 11.9. The first-order valence-corrected chi connectivity index (χ1v) is 6.22. The Hall–Kier alpha value is -0.940. The van der Waals surface area contributed by atoms with Gasteiger partial charge in [0.25, 0.3) is 0 Å². The third-order valence-electron chi connectivity index (χ3n) is 2.92. The number of methoxy groups -OCH3 is 1. The van der Waals surface area contributed by atoms with Gasteiger partial charge in [0.05, 0.1) is 18.7 Å². The fourth-order valence-electron chi connectivity index (χ4n) is 2.17. The molecule has 0 N–H and O–H groups in total. The number of carbonyl (C=O) groups excluding carboxylic acids is 2. The molecule has 0 aromatic heterocycles. The molecule has 0 spiro atoms. The van der Waals surface area contributed by atoms with E-state index in [-0.39, 0.29) is 30.4 Å². The van der Waals surface area contributed by atoms with Gasteiger partial charge in [-0.1, -0.05) is 0 Å². The minimum absolute atomic E-state index is 0.0151. The van der Waals surface area contributed by atoms with Gasteiger partial charge in [-0.05, 0) is 34.1 Å². The Morgan fingerprint density at radius 2 is 1.94 bits per heavy atom. The smallest absolute Gasteiger partial charge is 0.320 e. The monoisotopic (exact) mass is 257 g/mol. The summed E-state index contributed by atoms with van der Waals surface area (Å²) in [5, 5.41) is 0. The number of likely N-dealkylation sites (tertiary alicyclic amines) is 1. The summed E-state index contributed by atoms with van der Waals surface area (Å²) in [5.74, 6) is -0.233. The fraction of sp³-hybridized carbons (Fsp3) is 0.846. The number of esters is 1. The Labute approximate surface area is 108 Å². The van der Waals surface area contributed by atoms with Crippen LogP contribution >= 0.6 is 0 Å². The van der Waals surface area contributed by atoms with Crippen LogP contribution in [0.1, 0.15) is 34.1 Å². The minimum Gasteiger partial charge on any atom is -0.459 e. The third-order valence-corrected chi connectivity index (χ3v) is 2.92. The van der Waals surface area contributed by atoms with Gasteiger partial charge in [-0.3, -0.25) is 14.5 Å². The summed E-state index contributed by atoms with van der Waals surface area (Å²) >= 11 is 0. The van der Waals surface area contributed by atoms with Crippen LogP contribution in [0.15, 0.2) is 0 Å². The normalized spacial score (nSPS) is 25.2. The van der Waals surface area contributed by atoms with E-state index in [1.165, 1.54) is 0 Å². The summed E-state index contributed by atoms with van der Waals surface area (Å²) in [4.78, 5) is 25.1. The number of rotatable bonds is 4. The van der Waals surface area contributed by atoms with Crippen LogP contribution in [-0.2, 0) is 19.1 Å². The number of ketones is 1. The molecule has 0 saturated carbocycles. The van der Waals surface area contributed by atoms with Crippen molar-refractivity contribution in [1.29, 1.82) is 0 Å². The summed E-state index contributed by atoms with van der Waals surface area (Å²) in [6.45, 7) is 7.77. The predicted octanol–water partition coefficient (Wildman–Crippen LogP) is 1.01. The van der Waals surface area contributed by atoms with E-state index in [1.807, 2.05) is 25.7 Å². The van der Waals surface area contributed by atoms with E-state index in [4.69, 9.17) is 9.47 Å². The van der Waals surface area contributed by atoms with Crippen LogP contribution in [0.5, 0.6) is 0 Å². The molecule has 0 bridgehead atoms. The molecule has 5 nitrogen and oxygen atoms in total. The maximum atomic E-state index is 11.8. The van der Waals surface area contributed by atoms with Crippen molar-refractivity contribution in [3.63, 3.8) is 0 Å². The van der Waals surface area contributed by atoms with E-state index in [0.717, 1.165) is 0 Å². The van der Waals surface area contributed by atoms with Crippen molar-refractivity contribution < 1.29 is 19.1 Å². The molecule has 0 radical (unpaired) electrons. The van der Waals surface area contributed by atoms with Gasteiger partial charge in [0, 0.05) is 13.7 Å². The molecule has 18 heavy (non-hydrogen) atoms. The van der Waals surface area contributed by atoms with Crippen molar-refractivity contribution in [2.24, 2.45) is 0 Å². The van der Waals surface area contributed by atoms with Crippen molar-refractivity contribution >= 4 is 11.8 Å². The van der Waals surface area contributed by atoms with Gasteiger partial charge in [-0.15, -0.1) is 0 Å². The van der Waals surface area contributed by atoms with E-state index in [0.29, 0.717) is 13.0 Å². The van der Waals surface area contributed by atoms with Gasteiger partial charge in [0.15, 0.2) is 0 Å². The topological polar surface area (TPSA) is 55.8 Å². The van der Waals surface area contributed by atoms with Crippen LogP contribution in [0.3, 0.4) is 0 Å². The van der Waals surface area contributed by atoms with Crippen LogP contribution in [0.4, 0.5) is 0 Å². The minimum atomic E-state index is -0.497. The first-order chi connectivity index (χ1) is 8.23. The van der Waals surface area contributed by atoms with E-state index in [1.54, 1.807) is 14.0 Å². The Kier molecular flexibility index (Phi) is 4.87. The Balaban J connectivity index is 2.59. The quantitative estimate of drug-likeness (QED) is 0.703. The zero-order chi connectivity index (χ0) is 13.9. The van der Waals surface area contributed by atoms with Gasteiger partial charge in [0.2, 0.25) is 0 Å². The number of carbonyl (C=O) groups is 2. The lowest BCUT2D eigenvalue weighted by molar-refractivity contribution is -0.156. The molecule has 5 heteroatoms. The molecule has 0 aromatic rings. The molecule has 1 aliphatic rings. The van der Waals surface area contributed by atoms with E-state index < -0.39 is 5.60 Å². The third kappa shape index (κ3) is 4.38. The molecule has 0 aromatic carbocycles. The fourth-order valence-corrected chi connectivity index (χ4v) is 2.17. The summed E-state index contributed by atoms with van der Waals surface area (Å²) in [6.07, 6.45) is 0.663. The standard InChI is InChI=1S/C13H23NO4/c1-9(15)11-6-10(17-5)7-14(11)8-12(16)18-13(2,3)4/h10-11H,6-8H2,1-5H3. The molecule has 1 heterocycles. The zero-order valence-electron chi connectivity index (χ0n) is 11.9. The average molecular weight is 257 g/mol. The summed E-state index contributed by atoms with van der Waals surface area (Å²) in [5.41, 5.74) is -0.497. The molecule has 0 amide bonds. The predicted molar refractivity (Wildman–Crippen MR) is 67.3 cm³/mol. The number of hydrogen-bond donors (Lipinski definition) is 0. The molecule has 2 atom stereocenters. The van der Waals surface area contributed by atoms with Gasteiger partial charge >= 0.3 is 5.97 Å². The molecule has 0 aliphatic carbocycles. The highest BCUT2D eigenvalue weighted by Gasteiger charge is 2.36. The lowest BCUT2D eigenvalue weighted by atomic mass is 10.1. The van der Waals surface area contributed by atoms with Crippen LogP contribution in [-0.4, -0.2) is 54.6 Å². The van der Waals surface area contributed by atoms with Crippen molar-refractivity contribution in [2.45, 2.75) is 51.9 Å². The van der Waals surface area contributed by atoms with Gasteiger partial charge < -0.3 is 9.47 Å². The number of nitrogens with zero attached hydrogens (tertiary/aromatic N) is 1. The molecule has 1 fully saturated rings. The maximum Gasteiger partial charge on any atom is 0.320 e. The second kappa shape index (κ2) is 5.80. The lowest BCUT2D eigenvalue weighted by Gasteiger charge is -2.24. The highest BCUT2D eigenvalue weighted by Crippen LogP contribution is 2.21. The highest BCUT2D eigenvalue weighted by atomic mass is 16.6. The molecular formula is C13H23NO4. The average Bonchev–Trinajstić information content (AvgIpc) is 2.57. The van der Waals surface area contributed by atoms with E-state index in [2.05, 4.69) is 0 Å². The Morgan fingerprint density at radius 1 is 1.33 bits per heavy atom. The van der Waals surface area contributed by atoms with Gasteiger partial charge in [-0.25, -0.2) is 0 Å². The maximum absolute atomic E-state index is 11.8. The van der Waals surface area contributed by atoms with Crippen molar-refractivity contribution in [3.8, 4) is 0 Å². The van der Waals surface area contributed by atoms with Crippen LogP contribution in [0, 0.1) is 0 Å². The molecule has 2 unspecified atom stereocenters. The van der Waals surface area contributed by atoms with Crippen molar-refractivity contribution in [1.82, 2.24) is 4.90 Å². The van der Waals surface area contributed by atoms with Crippen LogP contribution < -0.4 is 0 Å². The number of hydrogen-bond acceptors (Lipinski definition) is 5. The first-order valence-electron chi connectivity index (χ1n) is 6.22. The van der Waals surface area contributed by atoms with Crippen molar-refractivity contribution in [2.75, 3.05) is 20.2 Å². The van der Waals surface area contributed by atoms with Gasteiger partial charge in [0.1, 0.15) is 11.4 Å². The molecule has 1 saturated heterocycles. The summed E-state index contributed by atoms with van der Waals surface area (Å²) in [6, 6.07) is -0.234. The van der Waals surface area contributed by atoms with E-state index >= 15 is 0 Å². The van der Waals surface area contributed by atoms with Gasteiger partial charge in [-0.2, -0.15) is 0 Å². The Morgan fingerprint density at radius 3 is 2.39 bits per heavy atom. The van der Waals surface area contributed by atoms with Crippen LogP contribution in [0.2, 0.25) is 0 Å². The Bertz CT molecular complexity index is 321. The second-order valence-electron chi connectivity index (χ2n) is 5.74. The lowest BCUT2D eigenvalue weighted by Crippen LogP contribution is -2.40. The first kappa shape index (κ1) is 15.1. The summed E-state index contributed by atoms with van der Waals surface area (Å²) < 4.78 is 10.5. The number of Topliss-reactive ketones (excluding diaryl/α,β-unsaturated/α-hetero) is 1. The second-order valence-corrected chi connectivity index (χ2v) is 5.74. The molecular weight excluding hydrogens is 234 g/mol. The molecule has 1 rings (SSSR count). The SMILES string of the molecule is COC1CC(C(C)=O)N(CC(=O)OC(C)(C)C)C1. The van der Waals surface area contributed by atoms with Crippen molar-refractivity contribution in [3.05, 3.63) is 0 Å².